The van der Waals surface area contributed by atoms with E-state index in [0.717, 1.165) is 16.8 Å². The molecule has 2 aromatic rings. The van der Waals surface area contributed by atoms with Gasteiger partial charge in [-0.3, -0.25) is 4.79 Å². The van der Waals surface area contributed by atoms with Crippen molar-refractivity contribution in [3.05, 3.63) is 49.4 Å². The van der Waals surface area contributed by atoms with Gasteiger partial charge in [0.25, 0.3) is 5.56 Å². The van der Waals surface area contributed by atoms with Crippen LogP contribution < -0.4 is 5.56 Å². The van der Waals surface area contributed by atoms with Crippen molar-refractivity contribution in [1.29, 1.82) is 0 Å². The zero-order valence-corrected chi connectivity index (χ0v) is 13.9. The van der Waals surface area contributed by atoms with Crippen molar-refractivity contribution in [2.45, 2.75) is 26.4 Å². The Hall–Kier alpha value is -1.21. The molecule has 0 saturated heterocycles. The van der Waals surface area contributed by atoms with Crippen LogP contribution in [0.5, 0.6) is 0 Å². The van der Waals surface area contributed by atoms with Crippen LogP contribution >= 0.6 is 22.6 Å². The molecule has 5 heteroatoms. The molecule has 0 aliphatic heterocycles. The predicted molar refractivity (Wildman–Crippen MR) is 87.8 cm³/mol. The van der Waals surface area contributed by atoms with Crippen LogP contribution in [0.15, 0.2) is 29.1 Å². The lowest BCUT2D eigenvalue weighted by molar-refractivity contribution is 0.185. The van der Waals surface area contributed by atoms with Crippen molar-refractivity contribution in [1.82, 2.24) is 9.97 Å². The van der Waals surface area contributed by atoms with Gasteiger partial charge < -0.3 is 9.72 Å². The summed E-state index contributed by atoms with van der Waals surface area (Å²) in [7, 11) is 1.66. The van der Waals surface area contributed by atoms with Gasteiger partial charge in [-0.1, -0.05) is 32.0 Å². The highest BCUT2D eigenvalue weighted by Crippen LogP contribution is 2.21. The lowest BCUT2D eigenvalue weighted by atomic mass is 10.1. The highest BCUT2D eigenvalue weighted by atomic mass is 127. The molecule has 2 rings (SSSR count). The SMILES string of the molecule is COCc1cccc(-c2nc(C(C)C)c(I)c(=O)[nH]2)c1. The summed E-state index contributed by atoms with van der Waals surface area (Å²) in [6.45, 7) is 4.61. The maximum atomic E-state index is 12.0. The fourth-order valence-corrected chi connectivity index (χ4v) is 2.85. The van der Waals surface area contributed by atoms with Crippen molar-refractivity contribution < 1.29 is 4.74 Å². The maximum absolute atomic E-state index is 12.0. The summed E-state index contributed by atoms with van der Waals surface area (Å²) in [5, 5.41) is 0. The number of nitrogens with zero attached hydrogens (tertiary/aromatic N) is 1. The van der Waals surface area contributed by atoms with Crippen LogP contribution in [0, 0.1) is 3.57 Å². The summed E-state index contributed by atoms with van der Waals surface area (Å²) in [4.78, 5) is 19.5. The van der Waals surface area contributed by atoms with Crippen LogP contribution in [-0.2, 0) is 11.3 Å². The Kier molecular flexibility index (Phi) is 4.93. The van der Waals surface area contributed by atoms with Crippen LogP contribution in [0.4, 0.5) is 0 Å². The fourth-order valence-electron chi connectivity index (χ4n) is 1.97. The summed E-state index contributed by atoms with van der Waals surface area (Å²) in [6, 6.07) is 7.85. The molecular formula is C15H17IN2O2. The van der Waals surface area contributed by atoms with Gasteiger partial charge in [0.15, 0.2) is 0 Å². The summed E-state index contributed by atoms with van der Waals surface area (Å²) >= 11 is 2.05. The molecule has 0 aliphatic carbocycles. The standard InChI is InChI=1S/C15H17IN2O2/c1-9(2)13-12(16)15(19)18-14(17-13)11-6-4-5-10(7-11)8-20-3/h4-7,9H,8H2,1-3H3,(H,17,18,19). The molecule has 0 radical (unpaired) electrons. The van der Waals surface area contributed by atoms with E-state index in [1.54, 1.807) is 7.11 Å². The molecule has 1 N–H and O–H groups in total. The zero-order valence-electron chi connectivity index (χ0n) is 11.7. The average Bonchev–Trinajstić information content (AvgIpc) is 2.42. The summed E-state index contributed by atoms with van der Waals surface area (Å²) in [6.07, 6.45) is 0. The molecule has 0 amide bonds. The molecule has 1 aromatic heterocycles. The third-order valence-corrected chi connectivity index (χ3v) is 3.99. The number of rotatable bonds is 4. The Bertz CT molecular complexity index is 665. The van der Waals surface area contributed by atoms with E-state index in [9.17, 15) is 4.79 Å². The minimum atomic E-state index is -0.0866. The number of ether oxygens (including phenoxy) is 1. The minimum Gasteiger partial charge on any atom is -0.380 e. The number of hydrogen-bond donors (Lipinski definition) is 1. The lowest BCUT2D eigenvalue weighted by Gasteiger charge is -2.10. The lowest BCUT2D eigenvalue weighted by Crippen LogP contribution is -2.17. The summed E-state index contributed by atoms with van der Waals surface area (Å²) in [5.74, 6) is 0.821. The maximum Gasteiger partial charge on any atom is 0.264 e. The topological polar surface area (TPSA) is 55.0 Å². The van der Waals surface area contributed by atoms with E-state index in [0.29, 0.717) is 16.0 Å². The first-order valence-electron chi connectivity index (χ1n) is 6.41. The predicted octanol–water partition coefficient (Wildman–Crippen LogP) is 3.31. The molecule has 1 aromatic carbocycles. The third-order valence-electron chi connectivity index (χ3n) is 2.95. The second-order valence-corrected chi connectivity index (χ2v) is 5.98. The third kappa shape index (κ3) is 3.27. The summed E-state index contributed by atoms with van der Waals surface area (Å²) in [5.41, 5.74) is 2.70. The van der Waals surface area contributed by atoms with Gasteiger partial charge in [-0.05, 0) is 40.1 Å². The molecule has 0 bridgehead atoms. The van der Waals surface area contributed by atoms with Crippen molar-refractivity contribution in [2.75, 3.05) is 7.11 Å². The van der Waals surface area contributed by atoms with Gasteiger partial charge in [-0.25, -0.2) is 4.98 Å². The number of nitrogens with one attached hydrogen (secondary N) is 1. The van der Waals surface area contributed by atoms with Crippen molar-refractivity contribution in [2.24, 2.45) is 0 Å². The number of H-pyrrole nitrogens is 1. The Morgan fingerprint density at radius 1 is 1.40 bits per heavy atom. The monoisotopic (exact) mass is 384 g/mol. The highest BCUT2D eigenvalue weighted by Gasteiger charge is 2.13. The van der Waals surface area contributed by atoms with Gasteiger partial charge in [0.1, 0.15) is 5.82 Å². The first-order chi connectivity index (χ1) is 9.52. The number of methoxy groups -OCH3 is 1. The average molecular weight is 384 g/mol. The highest BCUT2D eigenvalue weighted by molar-refractivity contribution is 14.1. The zero-order chi connectivity index (χ0) is 14.7. The van der Waals surface area contributed by atoms with Crippen LogP contribution in [0.1, 0.15) is 31.0 Å². The Morgan fingerprint density at radius 2 is 2.15 bits per heavy atom. The second-order valence-electron chi connectivity index (χ2n) is 4.90. The molecule has 0 atom stereocenters. The first-order valence-corrected chi connectivity index (χ1v) is 7.48. The molecule has 106 valence electrons. The number of hydrogen-bond acceptors (Lipinski definition) is 3. The van der Waals surface area contributed by atoms with Crippen LogP contribution in [0.25, 0.3) is 11.4 Å². The van der Waals surface area contributed by atoms with Gasteiger partial charge in [-0.2, -0.15) is 0 Å². The molecule has 0 saturated carbocycles. The van der Waals surface area contributed by atoms with Gasteiger partial charge >= 0.3 is 0 Å². The van der Waals surface area contributed by atoms with E-state index >= 15 is 0 Å². The molecular weight excluding hydrogens is 367 g/mol. The molecule has 0 spiro atoms. The Labute approximate surface area is 131 Å². The van der Waals surface area contributed by atoms with Crippen LogP contribution in [0.2, 0.25) is 0 Å². The molecule has 20 heavy (non-hydrogen) atoms. The first kappa shape index (κ1) is 15.2. The quantitative estimate of drug-likeness (QED) is 0.823. The molecule has 1 heterocycles. The van der Waals surface area contributed by atoms with E-state index in [4.69, 9.17) is 4.74 Å². The molecule has 0 unspecified atom stereocenters. The van der Waals surface area contributed by atoms with Gasteiger partial charge in [0.2, 0.25) is 0 Å². The fraction of sp³-hybridized carbons (Fsp3) is 0.333. The van der Waals surface area contributed by atoms with E-state index in [1.807, 2.05) is 38.1 Å². The molecule has 0 fully saturated rings. The van der Waals surface area contributed by atoms with Gasteiger partial charge in [0.05, 0.1) is 15.9 Å². The van der Waals surface area contributed by atoms with E-state index in [-0.39, 0.29) is 11.5 Å². The largest absolute Gasteiger partial charge is 0.380 e. The van der Waals surface area contributed by atoms with Crippen molar-refractivity contribution >= 4 is 22.6 Å². The summed E-state index contributed by atoms with van der Waals surface area (Å²) < 4.78 is 5.79. The van der Waals surface area contributed by atoms with Crippen LogP contribution in [-0.4, -0.2) is 17.1 Å². The number of aromatic nitrogens is 2. The van der Waals surface area contributed by atoms with Crippen LogP contribution in [0.3, 0.4) is 0 Å². The molecule has 4 nitrogen and oxygen atoms in total. The normalized spacial score (nSPS) is 11.1. The minimum absolute atomic E-state index is 0.0866. The van der Waals surface area contributed by atoms with Crippen molar-refractivity contribution in [3.63, 3.8) is 0 Å². The second kappa shape index (κ2) is 6.49. The van der Waals surface area contributed by atoms with E-state index in [1.165, 1.54) is 0 Å². The van der Waals surface area contributed by atoms with Gasteiger partial charge in [-0.15, -0.1) is 0 Å². The van der Waals surface area contributed by atoms with E-state index < -0.39 is 0 Å². The number of halogens is 1. The Morgan fingerprint density at radius 3 is 2.80 bits per heavy atom. The van der Waals surface area contributed by atoms with E-state index in [2.05, 4.69) is 32.6 Å². The number of benzene rings is 1. The van der Waals surface area contributed by atoms with Gasteiger partial charge in [0, 0.05) is 12.7 Å². The van der Waals surface area contributed by atoms with Crippen molar-refractivity contribution in [3.8, 4) is 11.4 Å². The smallest absolute Gasteiger partial charge is 0.264 e. The Balaban J connectivity index is 2.53. The molecule has 0 aliphatic rings. The number of aromatic amines is 1.